The van der Waals surface area contributed by atoms with Gasteiger partial charge in [-0.1, -0.05) is 6.07 Å². The molecule has 122 valence electrons. The first-order valence-electron chi connectivity index (χ1n) is 7.54. The van der Waals surface area contributed by atoms with Crippen LogP contribution in [0.1, 0.15) is 30.3 Å². The molecule has 1 aromatic heterocycles. The van der Waals surface area contributed by atoms with Gasteiger partial charge in [0.1, 0.15) is 5.69 Å². The summed E-state index contributed by atoms with van der Waals surface area (Å²) in [5.41, 5.74) is 5.77. The average Bonchev–Trinajstić information content (AvgIpc) is 2.96. The molecule has 2 heterocycles. The minimum Gasteiger partial charge on any atom is -0.334 e. The monoisotopic (exact) mass is 320 g/mol. The number of benzene rings is 1. The second-order valence-corrected chi connectivity index (χ2v) is 5.85. The molecule has 1 aromatic carbocycles. The molecule has 0 aliphatic carbocycles. The molecular formula is C16H18F2N4O. The molecule has 23 heavy (non-hydrogen) atoms. The molecule has 0 bridgehead atoms. The van der Waals surface area contributed by atoms with Crippen molar-refractivity contribution in [2.75, 3.05) is 6.54 Å². The Balaban J connectivity index is 1.86. The van der Waals surface area contributed by atoms with Gasteiger partial charge in [-0.2, -0.15) is 5.10 Å². The van der Waals surface area contributed by atoms with Crippen LogP contribution in [0.5, 0.6) is 0 Å². The highest BCUT2D eigenvalue weighted by atomic mass is 19.1. The molecule has 1 fully saturated rings. The zero-order chi connectivity index (χ0) is 16.6. The molecule has 1 amide bonds. The van der Waals surface area contributed by atoms with Crippen molar-refractivity contribution < 1.29 is 13.6 Å². The molecule has 1 aliphatic rings. The lowest BCUT2D eigenvalue weighted by Crippen LogP contribution is -2.48. The molecule has 2 aromatic rings. The van der Waals surface area contributed by atoms with Crippen molar-refractivity contribution in [1.82, 2.24) is 14.7 Å². The smallest absolute Gasteiger partial charge is 0.274 e. The number of nitrogens with two attached hydrogens (primary N) is 1. The van der Waals surface area contributed by atoms with Crippen LogP contribution in [0.4, 0.5) is 8.78 Å². The lowest BCUT2D eigenvalue weighted by molar-refractivity contribution is 0.0612. The van der Waals surface area contributed by atoms with Gasteiger partial charge in [0.2, 0.25) is 0 Å². The van der Waals surface area contributed by atoms with Crippen molar-refractivity contribution in [3.05, 3.63) is 47.8 Å². The van der Waals surface area contributed by atoms with Crippen molar-refractivity contribution in [2.24, 2.45) is 5.73 Å². The third kappa shape index (κ3) is 2.96. The minimum atomic E-state index is -0.732. The Hall–Kier alpha value is -2.28. The maximum absolute atomic E-state index is 13.8. The molecule has 2 N–H and O–H groups in total. The van der Waals surface area contributed by atoms with Crippen LogP contribution in [0.3, 0.4) is 0 Å². The molecule has 7 heteroatoms. The predicted molar refractivity (Wildman–Crippen MR) is 81.2 cm³/mol. The molecule has 3 rings (SSSR count). The summed E-state index contributed by atoms with van der Waals surface area (Å²) in [6.07, 6.45) is 2.85. The minimum absolute atomic E-state index is 0.0154. The van der Waals surface area contributed by atoms with E-state index in [1.165, 1.54) is 18.3 Å². The number of para-hydroxylation sites is 1. The van der Waals surface area contributed by atoms with E-state index in [4.69, 9.17) is 5.73 Å². The van der Waals surface area contributed by atoms with Crippen molar-refractivity contribution >= 4 is 5.91 Å². The normalized spacial score (nSPS) is 21.5. The molecular weight excluding hydrogens is 302 g/mol. The first kappa shape index (κ1) is 15.6. The standard InChI is InChI=1S/C16H18F2N4O/c1-10-9-11(19)5-7-21(10)16(23)14-6-8-22(20-14)15-12(17)3-2-4-13(15)18/h2-4,6,8,10-11H,5,7,9,19H2,1H3/t10-,11+/m0/s1. The van der Waals surface area contributed by atoms with Gasteiger partial charge in [0.15, 0.2) is 17.3 Å². The van der Waals surface area contributed by atoms with Crippen LogP contribution >= 0.6 is 0 Å². The van der Waals surface area contributed by atoms with Gasteiger partial charge >= 0.3 is 0 Å². The van der Waals surface area contributed by atoms with Gasteiger partial charge in [-0.15, -0.1) is 0 Å². The average molecular weight is 320 g/mol. The van der Waals surface area contributed by atoms with Gasteiger partial charge in [0, 0.05) is 24.8 Å². The van der Waals surface area contributed by atoms with E-state index in [1.807, 2.05) is 6.92 Å². The molecule has 1 aliphatic heterocycles. The summed E-state index contributed by atoms with van der Waals surface area (Å²) in [4.78, 5) is 14.3. The Labute approximate surface area is 132 Å². The van der Waals surface area contributed by atoms with E-state index in [1.54, 1.807) is 4.90 Å². The molecule has 1 saturated heterocycles. The van der Waals surface area contributed by atoms with Crippen molar-refractivity contribution in [1.29, 1.82) is 0 Å². The molecule has 0 unspecified atom stereocenters. The predicted octanol–water partition coefficient (Wildman–Crippen LogP) is 2.10. The van der Waals surface area contributed by atoms with Crippen molar-refractivity contribution in [3.8, 4) is 5.69 Å². The van der Waals surface area contributed by atoms with Gasteiger partial charge in [-0.25, -0.2) is 13.5 Å². The van der Waals surface area contributed by atoms with Crippen molar-refractivity contribution in [2.45, 2.75) is 31.8 Å². The number of carbonyl (C=O) groups is 1. The number of hydrogen-bond donors (Lipinski definition) is 1. The summed E-state index contributed by atoms with van der Waals surface area (Å²) in [7, 11) is 0. The zero-order valence-electron chi connectivity index (χ0n) is 12.7. The van der Waals surface area contributed by atoms with Crippen LogP contribution in [-0.2, 0) is 0 Å². The van der Waals surface area contributed by atoms with E-state index < -0.39 is 11.6 Å². The highest BCUT2D eigenvalue weighted by molar-refractivity contribution is 5.92. The second-order valence-electron chi connectivity index (χ2n) is 5.85. The molecule has 5 nitrogen and oxygen atoms in total. The highest BCUT2D eigenvalue weighted by Crippen LogP contribution is 2.20. The van der Waals surface area contributed by atoms with Crippen LogP contribution in [0.25, 0.3) is 5.69 Å². The topological polar surface area (TPSA) is 64.2 Å². The van der Waals surface area contributed by atoms with Crippen LogP contribution in [0, 0.1) is 11.6 Å². The van der Waals surface area contributed by atoms with Crippen LogP contribution in [-0.4, -0.2) is 39.2 Å². The number of aromatic nitrogens is 2. The first-order valence-corrected chi connectivity index (χ1v) is 7.54. The maximum Gasteiger partial charge on any atom is 0.274 e. The van der Waals surface area contributed by atoms with Crippen LogP contribution in [0.15, 0.2) is 30.5 Å². The summed E-state index contributed by atoms with van der Waals surface area (Å²) >= 11 is 0. The number of piperidine rings is 1. The van der Waals surface area contributed by atoms with Crippen LogP contribution in [0.2, 0.25) is 0 Å². The third-order valence-electron chi connectivity index (χ3n) is 4.15. The Morgan fingerprint density at radius 3 is 2.65 bits per heavy atom. The fourth-order valence-corrected chi connectivity index (χ4v) is 2.93. The number of amides is 1. The Bertz CT molecular complexity index is 710. The Morgan fingerprint density at radius 1 is 1.30 bits per heavy atom. The Morgan fingerprint density at radius 2 is 2.00 bits per heavy atom. The van der Waals surface area contributed by atoms with Gasteiger partial charge in [-0.05, 0) is 38.0 Å². The third-order valence-corrected chi connectivity index (χ3v) is 4.15. The summed E-state index contributed by atoms with van der Waals surface area (Å²) in [5.74, 6) is -1.71. The Kier molecular flexibility index (Phi) is 4.12. The largest absolute Gasteiger partial charge is 0.334 e. The first-order chi connectivity index (χ1) is 11.0. The fraction of sp³-hybridized carbons (Fsp3) is 0.375. The summed E-state index contributed by atoms with van der Waals surface area (Å²) in [5, 5.41) is 4.04. The molecule has 0 spiro atoms. The SMILES string of the molecule is C[C@H]1C[C@H](N)CCN1C(=O)c1ccn(-c2c(F)cccc2F)n1. The number of likely N-dealkylation sites (tertiary alicyclic amines) is 1. The van der Waals surface area contributed by atoms with E-state index >= 15 is 0 Å². The van der Waals surface area contributed by atoms with E-state index in [0.717, 1.165) is 29.7 Å². The number of halogens is 2. The lowest BCUT2D eigenvalue weighted by Gasteiger charge is -2.35. The van der Waals surface area contributed by atoms with Gasteiger partial charge < -0.3 is 10.6 Å². The number of hydrogen-bond acceptors (Lipinski definition) is 3. The molecule has 0 saturated carbocycles. The number of carbonyl (C=O) groups excluding carboxylic acids is 1. The van der Waals surface area contributed by atoms with Gasteiger partial charge in [0.25, 0.3) is 5.91 Å². The van der Waals surface area contributed by atoms with Gasteiger partial charge in [0.05, 0.1) is 0 Å². The maximum atomic E-state index is 13.8. The summed E-state index contributed by atoms with van der Waals surface area (Å²) in [6.45, 7) is 2.49. The van der Waals surface area contributed by atoms with E-state index in [-0.39, 0.29) is 29.4 Å². The highest BCUT2D eigenvalue weighted by Gasteiger charge is 2.29. The summed E-state index contributed by atoms with van der Waals surface area (Å²) < 4.78 is 28.6. The van der Waals surface area contributed by atoms with E-state index in [9.17, 15) is 13.6 Å². The summed E-state index contributed by atoms with van der Waals surface area (Å²) in [6, 6.07) is 5.16. The van der Waals surface area contributed by atoms with Crippen molar-refractivity contribution in [3.63, 3.8) is 0 Å². The zero-order valence-corrected chi connectivity index (χ0v) is 12.7. The van der Waals surface area contributed by atoms with E-state index in [0.29, 0.717) is 6.54 Å². The molecule has 2 atom stereocenters. The fourth-order valence-electron chi connectivity index (χ4n) is 2.93. The van der Waals surface area contributed by atoms with E-state index in [2.05, 4.69) is 5.10 Å². The molecule has 0 radical (unpaired) electrons. The van der Waals surface area contributed by atoms with Gasteiger partial charge in [-0.3, -0.25) is 4.79 Å². The number of nitrogens with zero attached hydrogens (tertiary/aromatic N) is 3. The quantitative estimate of drug-likeness (QED) is 0.921. The second kappa shape index (κ2) is 6.08. The van der Waals surface area contributed by atoms with Crippen LogP contribution < -0.4 is 5.73 Å². The lowest BCUT2D eigenvalue weighted by atomic mass is 9.99. The number of rotatable bonds is 2.